The van der Waals surface area contributed by atoms with E-state index in [2.05, 4.69) is 10.0 Å². The number of nitro benzene ring substituents is 1. The van der Waals surface area contributed by atoms with E-state index in [0.29, 0.717) is 38.4 Å². The van der Waals surface area contributed by atoms with Crippen molar-refractivity contribution in [1.82, 2.24) is 4.57 Å². The molecule has 0 bridgehead atoms. The number of thiazole rings is 1. The quantitative estimate of drug-likeness (QED) is 0.267. The zero-order valence-electron chi connectivity index (χ0n) is 21.8. The molecule has 0 spiro atoms. The van der Waals surface area contributed by atoms with Crippen molar-refractivity contribution in [2.24, 2.45) is 5.10 Å². The second-order valence-electron chi connectivity index (χ2n) is 9.29. The number of carbonyl (C=O) groups is 1. The van der Waals surface area contributed by atoms with Crippen molar-refractivity contribution >= 4 is 62.4 Å². The van der Waals surface area contributed by atoms with E-state index in [4.69, 9.17) is 0 Å². The highest BCUT2D eigenvalue weighted by molar-refractivity contribution is 8.08. The topological polar surface area (TPSA) is 101 Å². The molecule has 200 valence electrons. The lowest BCUT2D eigenvalue weighted by Crippen LogP contribution is -2.35. The van der Waals surface area contributed by atoms with E-state index in [1.54, 1.807) is 23.3 Å². The lowest BCUT2D eigenvalue weighted by atomic mass is 10.2. The SMILES string of the molecule is CCN1C(=c2sc(=C3C(=O)N(c4ccc([N+](=O)[O-])cc4)N=C3C)n(-c3cccc(C)c3)c2=O)Sc2ccccc21. The molecule has 9 nitrogen and oxygen atoms in total. The molecule has 6 rings (SSSR count). The van der Waals surface area contributed by atoms with Gasteiger partial charge in [-0.1, -0.05) is 36.0 Å². The molecule has 2 aliphatic rings. The van der Waals surface area contributed by atoms with Gasteiger partial charge in [-0.3, -0.25) is 24.3 Å². The normalized spacial score (nSPS) is 17.4. The first kappa shape index (κ1) is 25.8. The zero-order valence-corrected chi connectivity index (χ0v) is 23.5. The zero-order chi connectivity index (χ0) is 28.1. The number of rotatable bonds is 4. The summed E-state index contributed by atoms with van der Waals surface area (Å²) < 4.78 is 2.63. The third-order valence-electron chi connectivity index (χ3n) is 6.71. The van der Waals surface area contributed by atoms with Gasteiger partial charge in [0.05, 0.1) is 33.3 Å². The Morgan fingerprint density at radius 2 is 1.70 bits per heavy atom. The summed E-state index contributed by atoms with van der Waals surface area (Å²) in [6, 6.07) is 21.3. The van der Waals surface area contributed by atoms with E-state index in [9.17, 15) is 19.7 Å². The van der Waals surface area contributed by atoms with Crippen LogP contribution in [-0.2, 0) is 4.79 Å². The Morgan fingerprint density at radius 1 is 0.950 bits per heavy atom. The van der Waals surface area contributed by atoms with E-state index in [1.807, 2.05) is 62.4 Å². The summed E-state index contributed by atoms with van der Waals surface area (Å²) in [6.07, 6.45) is 0. The third-order valence-corrected chi connectivity index (χ3v) is 9.18. The van der Waals surface area contributed by atoms with Gasteiger partial charge in [0.1, 0.15) is 14.2 Å². The molecular weight excluding hydrogens is 546 g/mol. The fraction of sp³-hybridized carbons (Fsp3) is 0.138. The number of hydrogen-bond donors (Lipinski definition) is 0. The average molecular weight is 570 g/mol. The van der Waals surface area contributed by atoms with E-state index in [1.165, 1.54) is 40.6 Å². The Kier molecular flexibility index (Phi) is 6.40. The van der Waals surface area contributed by atoms with Crippen molar-refractivity contribution in [3.05, 3.63) is 108 Å². The monoisotopic (exact) mass is 569 g/mol. The van der Waals surface area contributed by atoms with Crippen molar-refractivity contribution in [1.29, 1.82) is 0 Å². The Hall–Kier alpha value is -4.48. The molecule has 0 saturated carbocycles. The van der Waals surface area contributed by atoms with Crippen LogP contribution >= 0.6 is 23.1 Å². The summed E-state index contributed by atoms with van der Waals surface area (Å²) in [5.74, 6) is -0.403. The molecule has 1 amide bonds. The summed E-state index contributed by atoms with van der Waals surface area (Å²) in [5.41, 5.74) is 3.58. The second kappa shape index (κ2) is 9.92. The lowest BCUT2D eigenvalue weighted by Gasteiger charge is -2.16. The number of carbonyl (C=O) groups excluding carboxylic acids is 1. The maximum Gasteiger partial charge on any atom is 0.283 e. The number of thioether (sulfide) groups is 1. The maximum atomic E-state index is 14.2. The smallest absolute Gasteiger partial charge is 0.283 e. The third kappa shape index (κ3) is 4.14. The Bertz CT molecular complexity index is 1920. The molecule has 1 aromatic heterocycles. The highest BCUT2D eigenvalue weighted by Gasteiger charge is 2.33. The lowest BCUT2D eigenvalue weighted by molar-refractivity contribution is -0.384. The van der Waals surface area contributed by atoms with Gasteiger partial charge in [0.2, 0.25) is 0 Å². The molecule has 3 aromatic carbocycles. The molecule has 0 fully saturated rings. The highest BCUT2D eigenvalue weighted by Crippen LogP contribution is 2.45. The van der Waals surface area contributed by atoms with Crippen LogP contribution < -0.4 is 24.7 Å². The van der Waals surface area contributed by atoms with Crippen LogP contribution in [0.5, 0.6) is 0 Å². The molecule has 0 radical (unpaired) electrons. The van der Waals surface area contributed by atoms with Gasteiger partial charge in [-0.15, -0.1) is 11.3 Å². The first-order chi connectivity index (χ1) is 19.3. The summed E-state index contributed by atoms with van der Waals surface area (Å²) in [4.78, 5) is 41.8. The van der Waals surface area contributed by atoms with Crippen molar-refractivity contribution in [3.8, 4) is 5.69 Å². The highest BCUT2D eigenvalue weighted by atomic mass is 32.2. The first-order valence-corrected chi connectivity index (χ1v) is 14.2. The fourth-order valence-corrected chi connectivity index (χ4v) is 7.43. The second-order valence-corrected chi connectivity index (χ2v) is 11.3. The standard InChI is InChI=1S/C29H23N5O4S2/c1-4-31-22-10-5-6-11-23(22)39-29(31)25-27(36)32(21-9-7-8-17(2)16-21)28(40-25)24-18(3)30-33(26(24)35)19-12-14-20(15-13-19)34(37)38/h5-16H,4H2,1-3H3. The summed E-state index contributed by atoms with van der Waals surface area (Å²) in [7, 11) is 0. The number of nitro groups is 1. The van der Waals surface area contributed by atoms with E-state index in [0.717, 1.165) is 21.2 Å². The minimum absolute atomic E-state index is 0.0796. The van der Waals surface area contributed by atoms with Gasteiger partial charge in [0.25, 0.3) is 17.2 Å². The van der Waals surface area contributed by atoms with Crippen LogP contribution in [0.3, 0.4) is 0 Å². The summed E-state index contributed by atoms with van der Waals surface area (Å²) in [5, 5.41) is 17.6. The molecule has 0 aliphatic carbocycles. The van der Waals surface area contributed by atoms with Gasteiger partial charge in [0, 0.05) is 23.6 Å². The molecule has 0 N–H and O–H groups in total. The minimum Gasteiger partial charge on any atom is -0.334 e. The van der Waals surface area contributed by atoms with Gasteiger partial charge in [-0.2, -0.15) is 10.1 Å². The van der Waals surface area contributed by atoms with Gasteiger partial charge >= 0.3 is 0 Å². The number of nitrogens with zero attached hydrogens (tertiary/aromatic N) is 5. The maximum absolute atomic E-state index is 14.2. The number of aromatic nitrogens is 1. The van der Waals surface area contributed by atoms with Crippen LogP contribution in [0.15, 0.2) is 87.6 Å². The molecule has 0 atom stereocenters. The number of non-ortho nitro benzene ring substituents is 1. The number of fused-ring (bicyclic) bond motifs is 1. The Balaban J connectivity index is 1.61. The van der Waals surface area contributed by atoms with Crippen LogP contribution in [0.4, 0.5) is 17.1 Å². The van der Waals surface area contributed by atoms with Gasteiger partial charge in [0.15, 0.2) is 0 Å². The number of aryl methyl sites for hydroxylation is 1. The average Bonchev–Trinajstić information content (AvgIpc) is 3.58. The van der Waals surface area contributed by atoms with E-state index >= 15 is 0 Å². The van der Waals surface area contributed by atoms with Crippen molar-refractivity contribution in [3.63, 3.8) is 0 Å². The van der Waals surface area contributed by atoms with Crippen LogP contribution in [-0.4, -0.2) is 27.7 Å². The van der Waals surface area contributed by atoms with Crippen LogP contribution in [0.25, 0.3) is 16.3 Å². The molecule has 0 saturated heterocycles. The van der Waals surface area contributed by atoms with Crippen molar-refractivity contribution in [2.75, 3.05) is 16.5 Å². The minimum atomic E-state index is -0.494. The van der Waals surface area contributed by atoms with Gasteiger partial charge in [-0.05, 0) is 62.7 Å². The first-order valence-electron chi connectivity index (χ1n) is 12.5. The van der Waals surface area contributed by atoms with E-state index < -0.39 is 10.8 Å². The van der Waals surface area contributed by atoms with Crippen LogP contribution in [0.2, 0.25) is 0 Å². The molecule has 40 heavy (non-hydrogen) atoms. The van der Waals surface area contributed by atoms with Gasteiger partial charge in [-0.25, -0.2) is 0 Å². The number of anilines is 2. The van der Waals surface area contributed by atoms with E-state index in [-0.39, 0.29) is 11.2 Å². The number of hydrazone groups is 1. The molecular formula is C29H23N5O4S2. The Morgan fingerprint density at radius 3 is 2.40 bits per heavy atom. The van der Waals surface area contributed by atoms with Crippen LogP contribution in [0.1, 0.15) is 19.4 Å². The predicted molar refractivity (Wildman–Crippen MR) is 160 cm³/mol. The molecule has 11 heteroatoms. The van der Waals surface area contributed by atoms with Crippen molar-refractivity contribution in [2.45, 2.75) is 25.7 Å². The number of para-hydroxylation sites is 1. The van der Waals surface area contributed by atoms with Gasteiger partial charge < -0.3 is 4.90 Å². The van der Waals surface area contributed by atoms with Crippen LogP contribution in [0, 0.1) is 17.0 Å². The molecule has 3 heterocycles. The number of amides is 1. The number of benzene rings is 3. The number of hydrogen-bond acceptors (Lipinski definition) is 8. The predicted octanol–water partition coefficient (Wildman–Crippen LogP) is 4.39. The molecule has 4 aromatic rings. The van der Waals surface area contributed by atoms with Crippen molar-refractivity contribution < 1.29 is 9.72 Å². The Labute approximate surface area is 237 Å². The summed E-state index contributed by atoms with van der Waals surface area (Å²) in [6.45, 7) is 6.41. The molecule has 2 aliphatic heterocycles. The largest absolute Gasteiger partial charge is 0.334 e. The summed E-state index contributed by atoms with van der Waals surface area (Å²) >= 11 is 2.83. The molecule has 0 unspecified atom stereocenters. The fourth-order valence-electron chi connectivity index (χ4n) is 4.84.